The van der Waals surface area contributed by atoms with Crippen molar-refractivity contribution in [3.05, 3.63) is 0 Å². The SMILES string of the molecule is CCC1CCCC(C#N)(NC2CC2)C1. The summed E-state index contributed by atoms with van der Waals surface area (Å²) in [5, 5.41) is 12.9. The minimum Gasteiger partial charge on any atom is -0.297 e. The molecule has 0 aliphatic heterocycles. The van der Waals surface area contributed by atoms with E-state index in [2.05, 4.69) is 18.3 Å². The van der Waals surface area contributed by atoms with Crippen molar-refractivity contribution in [2.24, 2.45) is 5.92 Å². The number of nitrogens with zero attached hydrogens (tertiary/aromatic N) is 1. The van der Waals surface area contributed by atoms with Gasteiger partial charge in [0.05, 0.1) is 6.07 Å². The van der Waals surface area contributed by atoms with Crippen LogP contribution in [-0.4, -0.2) is 11.6 Å². The molecule has 2 fully saturated rings. The van der Waals surface area contributed by atoms with Crippen molar-refractivity contribution in [2.45, 2.75) is 63.5 Å². The molecule has 1 N–H and O–H groups in total. The fourth-order valence-corrected chi connectivity index (χ4v) is 2.62. The smallest absolute Gasteiger partial charge is 0.107 e. The van der Waals surface area contributed by atoms with Crippen molar-refractivity contribution in [1.29, 1.82) is 5.26 Å². The van der Waals surface area contributed by atoms with Gasteiger partial charge in [0.15, 0.2) is 0 Å². The molecule has 0 spiro atoms. The van der Waals surface area contributed by atoms with Crippen molar-refractivity contribution >= 4 is 0 Å². The topological polar surface area (TPSA) is 35.8 Å². The Morgan fingerprint density at radius 2 is 2.21 bits per heavy atom. The lowest BCUT2D eigenvalue weighted by Gasteiger charge is -2.36. The molecule has 0 aromatic carbocycles. The van der Waals surface area contributed by atoms with Gasteiger partial charge < -0.3 is 0 Å². The molecular weight excluding hydrogens is 172 g/mol. The second kappa shape index (κ2) is 3.90. The summed E-state index contributed by atoms with van der Waals surface area (Å²) in [5.74, 6) is 0.773. The largest absolute Gasteiger partial charge is 0.297 e. The monoisotopic (exact) mass is 192 g/mol. The van der Waals surface area contributed by atoms with E-state index < -0.39 is 0 Å². The molecule has 78 valence electrons. The van der Waals surface area contributed by atoms with Crippen LogP contribution in [0.25, 0.3) is 0 Å². The first kappa shape index (κ1) is 9.98. The zero-order valence-corrected chi connectivity index (χ0v) is 9.05. The van der Waals surface area contributed by atoms with Gasteiger partial charge >= 0.3 is 0 Å². The molecule has 0 heterocycles. The number of hydrogen-bond donors (Lipinski definition) is 1. The standard InChI is InChI=1S/C12H20N2/c1-2-10-4-3-7-12(8-10,9-13)14-11-5-6-11/h10-11,14H,2-8H2,1H3. The third-order valence-corrected chi connectivity index (χ3v) is 3.70. The van der Waals surface area contributed by atoms with Crippen molar-refractivity contribution in [1.82, 2.24) is 5.32 Å². The van der Waals surface area contributed by atoms with Crippen LogP contribution in [0.1, 0.15) is 51.9 Å². The minimum absolute atomic E-state index is 0.167. The van der Waals surface area contributed by atoms with E-state index >= 15 is 0 Å². The summed E-state index contributed by atoms with van der Waals surface area (Å²) < 4.78 is 0. The average Bonchev–Trinajstić information content (AvgIpc) is 3.02. The highest BCUT2D eigenvalue weighted by molar-refractivity contribution is 5.12. The zero-order valence-electron chi connectivity index (χ0n) is 9.05. The van der Waals surface area contributed by atoms with E-state index in [-0.39, 0.29) is 5.54 Å². The lowest BCUT2D eigenvalue weighted by molar-refractivity contribution is 0.223. The number of nitrogens with one attached hydrogen (secondary N) is 1. The Morgan fingerprint density at radius 1 is 1.43 bits per heavy atom. The summed E-state index contributed by atoms with van der Waals surface area (Å²) in [5.41, 5.74) is -0.167. The van der Waals surface area contributed by atoms with Crippen LogP contribution in [0.2, 0.25) is 0 Å². The maximum Gasteiger partial charge on any atom is 0.107 e. The van der Waals surface area contributed by atoms with Gasteiger partial charge in [-0.15, -0.1) is 0 Å². The van der Waals surface area contributed by atoms with Gasteiger partial charge in [-0.05, 0) is 31.6 Å². The van der Waals surface area contributed by atoms with E-state index in [1.54, 1.807) is 0 Å². The van der Waals surface area contributed by atoms with Crippen LogP contribution in [0, 0.1) is 17.2 Å². The molecule has 2 saturated carbocycles. The third kappa shape index (κ3) is 2.09. The van der Waals surface area contributed by atoms with Crippen LogP contribution < -0.4 is 5.32 Å². The molecule has 2 aliphatic rings. The number of rotatable bonds is 3. The summed E-state index contributed by atoms with van der Waals surface area (Å²) in [4.78, 5) is 0. The van der Waals surface area contributed by atoms with Crippen LogP contribution in [0.5, 0.6) is 0 Å². The Balaban J connectivity index is 1.98. The maximum atomic E-state index is 9.32. The van der Waals surface area contributed by atoms with Gasteiger partial charge in [0.2, 0.25) is 0 Å². The van der Waals surface area contributed by atoms with Gasteiger partial charge in [-0.25, -0.2) is 0 Å². The second-order valence-corrected chi connectivity index (χ2v) is 4.98. The van der Waals surface area contributed by atoms with Gasteiger partial charge in [-0.2, -0.15) is 5.26 Å². The van der Waals surface area contributed by atoms with E-state index in [1.807, 2.05) is 0 Å². The third-order valence-electron chi connectivity index (χ3n) is 3.70. The van der Waals surface area contributed by atoms with Crippen LogP contribution in [0.3, 0.4) is 0 Å². The van der Waals surface area contributed by atoms with E-state index in [0.29, 0.717) is 6.04 Å². The highest BCUT2D eigenvalue weighted by Gasteiger charge is 2.39. The molecule has 2 rings (SSSR count). The van der Waals surface area contributed by atoms with Gasteiger partial charge in [-0.1, -0.05) is 26.2 Å². The summed E-state index contributed by atoms with van der Waals surface area (Å²) in [6.45, 7) is 2.25. The minimum atomic E-state index is -0.167. The van der Waals surface area contributed by atoms with Crippen molar-refractivity contribution < 1.29 is 0 Å². The molecule has 2 atom stereocenters. The van der Waals surface area contributed by atoms with Crippen LogP contribution >= 0.6 is 0 Å². The van der Waals surface area contributed by atoms with Gasteiger partial charge in [0.1, 0.15) is 5.54 Å². The first-order chi connectivity index (χ1) is 6.78. The summed E-state index contributed by atoms with van der Waals surface area (Å²) in [7, 11) is 0. The van der Waals surface area contributed by atoms with E-state index in [9.17, 15) is 5.26 Å². The Hall–Kier alpha value is -0.550. The summed E-state index contributed by atoms with van der Waals surface area (Å²) in [6.07, 6.45) is 8.49. The van der Waals surface area contributed by atoms with Gasteiger partial charge in [0.25, 0.3) is 0 Å². The molecule has 0 radical (unpaired) electrons. The Labute approximate surface area is 86.7 Å². The van der Waals surface area contributed by atoms with Crippen LogP contribution in [0.4, 0.5) is 0 Å². The second-order valence-electron chi connectivity index (χ2n) is 4.98. The molecule has 14 heavy (non-hydrogen) atoms. The van der Waals surface area contributed by atoms with E-state index in [1.165, 1.54) is 32.1 Å². The quantitative estimate of drug-likeness (QED) is 0.746. The van der Waals surface area contributed by atoms with Gasteiger partial charge in [0, 0.05) is 6.04 Å². The number of nitriles is 1. The normalized spacial score (nSPS) is 37.9. The highest BCUT2D eigenvalue weighted by Crippen LogP contribution is 2.36. The molecule has 2 nitrogen and oxygen atoms in total. The Kier molecular flexibility index (Phi) is 2.78. The molecule has 0 amide bonds. The van der Waals surface area contributed by atoms with E-state index in [4.69, 9.17) is 0 Å². The van der Waals surface area contributed by atoms with Crippen LogP contribution in [-0.2, 0) is 0 Å². The maximum absolute atomic E-state index is 9.32. The Morgan fingerprint density at radius 3 is 2.79 bits per heavy atom. The fourth-order valence-electron chi connectivity index (χ4n) is 2.62. The molecule has 2 heteroatoms. The summed E-state index contributed by atoms with van der Waals surface area (Å²) >= 11 is 0. The Bertz CT molecular complexity index is 239. The average molecular weight is 192 g/mol. The first-order valence-electron chi connectivity index (χ1n) is 5.97. The van der Waals surface area contributed by atoms with Crippen molar-refractivity contribution in [3.8, 4) is 6.07 Å². The molecule has 0 aromatic heterocycles. The van der Waals surface area contributed by atoms with Crippen LogP contribution in [0.15, 0.2) is 0 Å². The van der Waals surface area contributed by atoms with Crippen molar-refractivity contribution in [3.63, 3.8) is 0 Å². The van der Waals surface area contributed by atoms with Gasteiger partial charge in [-0.3, -0.25) is 5.32 Å². The molecule has 2 unspecified atom stereocenters. The zero-order chi connectivity index (χ0) is 10.0. The predicted molar refractivity (Wildman–Crippen MR) is 56.8 cm³/mol. The molecule has 0 bridgehead atoms. The fraction of sp³-hybridized carbons (Fsp3) is 0.917. The molecular formula is C12H20N2. The first-order valence-corrected chi connectivity index (χ1v) is 5.97. The lowest BCUT2D eigenvalue weighted by atomic mass is 9.75. The lowest BCUT2D eigenvalue weighted by Crippen LogP contribution is -2.48. The number of hydrogen-bond acceptors (Lipinski definition) is 2. The highest BCUT2D eigenvalue weighted by atomic mass is 15.0. The molecule has 2 aliphatic carbocycles. The van der Waals surface area contributed by atoms with E-state index in [0.717, 1.165) is 18.8 Å². The summed E-state index contributed by atoms with van der Waals surface area (Å²) in [6, 6.07) is 3.20. The van der Waals surface area contributed by atoms with Crippen molar-refractivity contribution in [2.75, 3.05) is 0 Å². The predicted octanol–water partition coefficient (Wildman–Crippen LogP) is 2.60. The molecule has 0 saturated heterocycles. The molecule has 0 aromatic rings.